The number of rotatable bonds is 8. The van der Waals surface area contributed by atoms with Crippen molar-refractivity contribution < 1.29 is 9.47 Å². The number of piperidine rings is 1. The van der Waals surface area contributed by atoms with Crippen molar-refractivity contribution >= 4 is 5.96 Å². The molecule has 0 aliphatic carbocycles. The lowest BCUT2D eigenvalue weighted by Crippen LogP contribution is -2.54. The molecule has 0 bridgehead atoms. The van der Waals surface area contributed by atoms with Crippen molar-refractivity contribution in [3.05, 3.63) is 23.8 Å². The van der Waals surface area contributed by atoms with Gasteiger partial charge in [-0.1, -0.05) is 18.6 Å². The second-order valence-corrected chi connectivity index (χ2v) is 7.56. The van der Waals surface area contributed by atoms with Gasteiger partial charge in [-0.25, -0.2) is 4.99 Å². The Labute approximate surface area is 164 Å². The fraction of sp³-hybridized carbons (Fsp3) is 0.667. The summed E-state index contributed by atoms with van der Waals surface area (Å²) in [4.78, 5) is 7.34. The number of hydrogen-bond acceptors (Lipinski definition) is 4. The van der Waals surface area contributed by atoms with Crippen molar-refractivity contribution in [3.8, 4) is 11.5 Å². The smallest absolute Gasteiger partial charge is 0.191 e. The number of benzene rings is 1. The van der Waals surface area contributed by atoms with Crippen molar-refractivity contribution in [1.82, 2.24) is 15.5 Å². The predicted molar refractivity (Wildman–Crippen MR) is 112 cm³/mol. The zero-order valence-corrected chi connectivity index (χ0v) is 17.6. The van der Waals surface area contributed by atoms with Crippen molar-refractivity contribution in [1.29, 1.82) is 0 Å². The second-order valence-electron chi connectivity index (χ2n) is 7.56. The summed E-state index contributed by atoms with van der Waals surface area (Å²) in [7, 11) is 3.31. The standard InChI is InChI=1S/C21H36N4O2/c1-6-22-20(24-16-21(2,3)25-13-8-7-9-14-25)23-15-17-11-10-12-18(26-4)19(17)27-5/h10-12H,6-9,13-16H2,1-5H3,(H2,22,23,24). The van der Waals surface area contributed by atoms with Crippen LogP contribution in [0.2, 0.25) is 0 Å². The summed E-state index contributed by atoms with van der Waals surface area (Å²) in [5.74, 6) is 2.30. The number of methoxy groups -OCH3 is 2. The largest absolute Gasteiger partial charge is 0.493 e. The minimum absolute atomic E-state index is 0.101. The van der Waals surface area contributed by atoms with E-state index in [4.69, 9.17) is 14.5 Å². The highest BCUT2D eigenvalue weighted by Gasteiger charge is 2.27. The number of ether oxygens (including phenoxy) is 2. The molecule has 0 radical (unpaired) electrons. The highest BCUT2D eigenvalue weighted by molar-refractivity contribution is 5.79. The fourth-order valence-electron chi connectivity index (χ4n) is 3.50. The summed E-state index contributed by atoms with van der Waals surface area (Å²) >= 11 is 0. The first-order valence-corrected chi connectivity index (χ1v) is 9.99. The number of hydrogen-bond donors (Lipinski definition) is 2. The van der Waals surface area contributed by atoms with Crippen LogP contribution in [0.1, 0.15) is 45.6 Å². The molecule has 0 spiro atoms. The van der Waals surface area contributed by atoms with Gasteiger partial charge in [-0.2, -0.15) is 0 Å². The van der Waals surface area contributed by atoms with Gasteiger partial charge in [0.25, 0.3) is 0 Å². The number of nitrogens with zero attached hydrogens (tertiary/aromatic N) is 2. The molecule has 152 valence electrons. The van der Waals surface area contributed by atoms with Crippen molar-refractivity contribution in [2.24, 2.45) is 4.99 Å². The van der Waals surface area contributed by atoms with Gasteiger partial charge in [0, 0.05) is 24.2 Å². The molecule has 1 fully saturated rings. The van der Waals surface area contributed by atoms with Gasteiger partial charge >= 0.3 is 0 Å². The third kappa shape index (κ3) is 6.03. The molecule has 6 nitrogen and oxygen atoms in total. The minimum atomic E-state index is 0.101. The van der Waals surface area contributed by atoms with E-state index in [-0.39, 0.29) is 5.54 Å². The molecule has 0 aromatic heterocycles. The van der Waals surface area contributed by atoms with E-state index >= 15 is 0 Å². The number of aliphatic imine (C=N–C) groups is 1. The summed E-state index contributed by atoms with van der Waals surface area (Å²) in [5.41, 5.74) is 1.11. The zero-order valence-electron chi connectivity index (χ0n) is 17.6. The Balaban J connectivity index is 2.04. The van der Waals surface area contributed by atoms with Crippen LogP contribution in [0, 0.1) is 0 Å². The average molecular weight is 377 g/mol. The molecule has 1 saturated heterocycles. The molecule has 2 N–H and O–H groups in total. The van der Waals surface area contributed by atoms with Gasteiger partial charge in [0.1, 0.15) is 0 Å². The molecule has 0 saturated carbocycles. The van der Waals surface area contributed by atoms with Crippen LogP contribution in [-0.4, -0.2) is 56.8 Å². The molecule has 1 aromatic carbocycles. The van der Waals surface area contributed by atoms with Crippen LogP contribution in [0.3, 0.4) is 0 Å². The molecular formula is C21H36N4O2. The molecule has 1 heterocycles. The van der Waals surface area contributed by atoms with Gasteiger partial charge < -0.3 is 20.1 Å². The quantitative estimate of drug-likeness (QED) is 0.539. The summed E-state index contributed by atoms with van der Waals surface area (Å²) < 4.78 is 10.9. The van der Waals surface area contributed by atoms with Crippen molar-refractivity contribution in [3.63, 3.8) is 0 Å². The molecule has 1 aliphatic rings. The summed E-state index contributed by atoms with van der Waals surface area (Å²) in [6.45, 7) is 11.3. The molecule has 1 aromatic rings. The first-order valence-electron chi connectivity index (χ1n) is 9.99. The molecule has 0 amide bonds. The van der Waals surface area contributed by atoms with Gasteiger partial charge in [0.2, 0.25) is 0 Å². The summed E-state index contributed by atoms with van der Waals surface area (Å²) in [6.07, 6.45) is 3.95. The summed E-state index contributed by atoms with van der Waals surface area (Å²) in [5, 5.41) is 6.86. The normalized spacial score (nSPS) is 16.1. The molecular weight excluding hydrogens is 340 g/mol. The average Bonchev–Trinajstić information content (AvgIpc) is 2.70. The van der Waals surface area contributed by atoms with Gasteiger partial charge in [-0.15, -0.1) is 0 Å². The van der Waals surface area contributed by atoms with Crippen molar-refractivity contribution in [2.75, 3.05) is 40.4 Å². The minimum Gasteiger partial charge on any atom is -0.493 e. The third-order valence-corrected chi connectivity index (χ3v) is 5.14. The Hall–Kier alpha value is -1.95. The fourth-order valence-corrected chi connectivity index (χ4v) is 3.50. The molecule has 6 heteroatoms. The monoisotopic (exact) mass is 376 g/mol. The van der Waals surface area contributed by atoms with Crippen LogP contribution in [0.25, 0.3) is 0 Å². The van der Waals surface area contributed by atoms with Crippen molar-refractivity contribution in [2.45, 2.75) is 52.1 Å². The second kappa shape index (κ2) is 10.4. The third-order valence-electron chi connectivity index (χ3n) is 5.14. The lowest BCUT2D eigenvalue weighted by atomic mass is 9.98. The predicted octanol–water partition coefficient (Wildman–Crippen LogP) is 3.02. The van der Waals surface area contributed by atoms with Gasteiger partial charge in [0.15, 0.2) is 17.5 Å². The Kier molecular flexibility index (Phi) is 8.23. The highest BCUT2D eigenvalue weighted by Crippen LogP contribution is 2.31. The van der Waals surface area contributed by atoms with E-state index in [9.17, 15) is 0 Å². The van der Waals surface area contributed by atoms with Crippen LogP contribution < -0.4 is 20.1 Å². The Bertz CT molecular complexity index is 610. The number of guanidine groups is 1. The van der Waals surface area contributed by atoms with E-state index in [2.05, 4.69) is 36.3 Å². The summed E-state index contributed by atoms with van der Waals surface area (Å²) in [6, 6.07) is 5.88. The first-order chi connectivity index (χ1) is 13.0. The SMILES string of the molecule is CCNC(=NCc1cccc(OC)c1OC)NCC(C)(C)N1CCCCC1. The maximum atomic E-state index is 5.51. The molecule has 0 unspecified atom stereocenters. The number of para-hydroxylation sites is 1. The van der Waals surface area contributed by atoms with E-state index in [0.29, 0.717) is 6.54 Å². The van der Waals surface area contributed by atoms with Gasteiger partial charge in [-0.3, -0.25) is 4.90 Å². The van der Waals surface area contributed by atoms with E-state index in [1.54, 1.807) is 14.2 Å². The molecule has 27 heavy (non-hydrogen) atoms. The molecule has 0 atom stereocenters. The van der Waals surface area contributed by atoms with Gasteiger partial charge in [-0.05, 0) is 52.8 Å². The van der Waals surface area contributed by atoms with Gasteiger partial charge in [0.05, 0.1) is 20.8 Å². The Morgan fingerprint density at radius 2 is 1.85 bits per heavy atom. The maximum Gasteiger partial charge on any atom is 0.191 e. The van der Waals surface area contributed by atoms with Crippen LogP contribution in [0.4, 0.5) is 0 Å². The van der Waals surface area contributed by atoms with E-state index in [1.807, 2.05) is 18.2 Å². The van der Waals surface area contributed by atoms with Crippen LogP contribution in [-0.2, 0) is 6.54 Å². The van der Waals surface area contributed by atoms with E-state index in [1.165, 1.54) is 32.4 Å². The first kappa shape index (κ1) is 21.4. The lowest BCUT2D eigenvalue weighted by molar-refractivity contribution is 0.0982. The Morgan fingerprint density at radius 3 is 2.48 bits per heavy atom. The van der Waals surface area contributed by atoms with Crippen LogP contribution >= 0.6 is 0 Å². The number of likely N-dealkylation sites (tertiary alicyclic amines) is 1. The van der Waals surface area contributed by atoms with E-state index < -0.39 is 0 Å². The van der Waals surface area contributed by atoms with E-state index in [0.717, 1.165) is 36.1 Å². The Morgan fingerprint density at radius 1 is 1.11 bits per heavy atom. The zero-order chi connectivity index (χ0) is 19.7. The lowest BCUT2D eigenvalue weighted by Gasteiger charge is -2.41. The van der Waals surface area contributed by atoms with Crippen LogP contribution in [0.5, 0.6) is 11.5 Å². The highest BCUT2D eigenvalue weighted by atomic mass is 16.5. The molecule has 2 rings (SSSR count). The van der Waals surface area contributed by atoms with Crippen LogP contribution in [0.15, 0.2) is 23.2 Å². The number of nitrogens with one attached hydrogen (secondary N) is 2. The molecule has 1 aliphatic heterocycles. The topological polar surface area (TPSA) is 58.1 Å². The maximum absolute atomic E-state index is 5.51.